The molecule has 1 aromatic heterocycles. The van der Waals surface area contributed by atoms with E-state index in [1.165, 1.54) is 0 Å². The number of pyridine rings is 1. The van der Waals surface area contributed by atoms with Crippen LogP contribution < -0.4 is 11.1 Å². The minimum atomic E-state index is 0.382. The van der Waals surface area contributed by atoms with Crippen molar-refractivity contribution in [3.8, 4) is 0 Å². The van der Waals surface area contributed by atoms with E-state index in [1.54, 1.807) is 0 Å². The number of aryl methyl sites for hydroxylation is 1. The van der Waals surface area contributed by atoms with Gasteiger partial charge < -0.3 is 11.1 Å². The molecule has 3 nitrogen and oxygen atoms in total. The third-order valence-electron chi connectivity index (χ3n) is 2.65. The molecule has 0 fully saturated rings. The van der Waals surface area contributed by atoms with E-state index in [1.807, 2.05) is 43.3 Å². The van der Waals surface area contributed by atoms with Gasteiger partial charge in [-0.15, -0.1) is 0 Å². The van der Waals surface area contributed by atoms with E-state index in [-0.39, 0.29) is 0 Å². The van der Waals surface area contributed by atoms with Crippen LogP contribution in [0.2, 0.25) is 0 Å². The highest BCUT2D eigenvalue weighted by atomic mass is 79.9. The van der Waals surface area contributed by atoms with Crippen molar-refractivity contribution in [3.63, 3.8) is 0 Å². The summed E-state index contributed by atoms with van der Waals surface area (Å²) in [6, 6.07) is 11.7. The summed E-state index contributed by atoms with van der Waals surface area (Å²) in [6.07, 6.45) is 0. The summed E-state index contributed by atoms with van der Waals surface area (Å²) < 4.78 is 0.979. The molecule has 0 unspecified atom stereocenters. The average molecular weight is 336 g/mol. The Balaban J connectivity index is 2.19. The maximum Gasteiger partial charge on any atom is 0.106 e. The fourth-order valence-electron chi connectivity index (χ4n) is 1.76. The Labute approximate surface area is 126 Å². The van der Waals surface area contributed by atoms with Crippen LogP contribution >= 0.6 is 28.1 Å². The Hall–Kier alpha value is -1.46. The lowest BCUT2D eigenvalue weighted by molar-refractivity contribution is 1.01. The molecule has 0 bridgehead atoms. The maximum absolute atomic E-state index is 5.72. The van der Waals surface area contributed by atoms with Gasteiger partial charge in [0.2, 0.25) is 0 Å². The van der Waals surface area contributed by atoms with Crippen molar-refractivity contribution in [1.29, 1.82) is 0 Å². The Morgan fingerprint density at radius 3 is 2.84 bits per heavy atom. The van der Waals surface area contributed by atoms with Crippen LogP contribution in [0, 0.1) is 6.92 Å². The van der Waals surface area contributed by atoms with Gasteiger partial charge in [0, 0.05) is 21.4 Å². The summed E-state index contributed by atoms with van der Waals surface area (Å²) in [7, 11) is 0. The minimum absolute atomic E-state index is 0.382. The first-order chi connectivity index (χ1) is 9.06. The number of halogens is 1. The molecular weight excluding hydrogens is 322 g/mol. The maximum atomic E-state index is 5.72. The highest BCUT2D eigenvalue weighted by molar-refractivity contribution is 9.10. The number of aromatic nitrogens is 1. The van der Waals surface area contributed by atoms with Crippen molar-refractivity contribution in [2.75, 3.05) is 5.32 Å². The standard InChI is InChI=1S/C14H14BrN3S/c1-9-3-2-4-11(18-9)8-17-13-7-10(15)5-6-12(13)14(16)19/h2-7,17H,8H2,1H3,(H2,16,19). The lowest BCUT2D eigenvalue weighted by Gasteiger charge is -2.11. The number of nitrogens with zero attached hydrogens (tertiary/aromatic N) is 1. The normalized spacial score (nSPS) is 10.2. The number of hydrogen-bond donors (Lipinski definition) is 2. The summed E-state index contributed by atoms with van der Waals surface area (Å²) in [4.78, 5) is 4.83. The third kappa shape index (κ3) is 3.75. The first-order valence-electron chi connectivity index (χ1n) is 5.82. The van der Waals surface area contributed by atoms with Crippen molar-refractivity contribution in [1.82, 2.24) is 4.98 Å². The molecule has 0 amide bonds. The van der Waals surface area contributed by atoms with Crippen LogP contribution in [0.5, 0.6) is 0 Å². The van der Waals surface area contributed by atoms with Gasteiger partial charge in [-0.05, 0) is 37.3 Å². The van der Waals surface area contributed by atoms with Gasteiger partial charge in [-0.1, -0.05) is 34.2 Å². The van der Waals surface area contributed by atoms with Gasteiger partial charge in [-0.2, -0.15) is 0 Å². The van der Waals surface area contributed by atoms with Crippen LogP contribution in [0.25, 0.3) is 0 Å². The molecule has 0 saturated carbocycles. The van der Waals surface area contributed by atoms with Gasteiger partial charge in [0.1, 0.15) is 4.99 Å². The number of nitrogens with two attached hydrogens (primary N) is 1. The Morgan fingerprint density at radius 1 is 1.37 bits per heavy atom. The SMILES string of the molecule is Cc1cccc(CNc2cc(Br)ccc2C(N)=S)n1. The summed E-state index contributed by atoms with van der Waals surface area (Å²) >= 11 is 8.49. The van der Waals surface area contributed by atoms with Crippen molar-refractivity contribution in [3.05, 3.63) is 57.8 Å². The van der Waals surface area contributed by atoms with Gasteiger partial charge in [0.05, 0.1) is 12.2 Å². The van der Waals surface area contributed by atoms with Gasteiger partial charge in [0.25, 0.3) is 0 Å². The van der Waals surface area contributed by atoms with E-state index in [4.69, 9.17) is 18.0 Å². The highest BCUT2D eigenvalue weighted by Crippen LogP contribution is 2.22. The molecule has 0 aliphatic heterocycles. The van der Waals surface area contributed by atoms with Gasteiger partial charge in [-0.25, -0.2) is 0 Å². The molecule has 0 aliphatic carbocycles. The second kappa shape index (κ2) is 6.12. The van der Waals surface area contributed by atoms with Crippen molar-refractivity contribution in [2.24, 2.45) is 5.73 Å². The number of thiocarbonyl (C=S) groups is 1. The monoisotopic (exact) mass is 335 g/mol. The molecule has 1 heterocycles. The number of nitrogens with one attached hydrogen (secondary N) is 1. The molecule has 19 heavy (non-hydrogen) atoms. The Kier molecular flexibility index (Phi) is 4.50. The summed E-state index contributed by atoms with van der Waals surface area (Å²) in [6.45, 7) is 2.61. The lowest BCUT2D eigenvalue weighted by Crippen LogP contribution is -2.13. The molecule has 3 N–H and O–H groups in total. The van der Waals surface area contributed by atoms with E-state index >= 15 is 0 Å². The number of hydrogen-bond acceptors (Lipinski definition) is 3. The predicted octanol–water partition coefficient (Wildman–Crippen LogP) is 3.40. The number of benzene rings is 1. The topological polar surface area (TPSA) is 50.9 Å². The largest absolute Gasteiger partial charge is 0.389 e. The molecule has 98 valence electrons. The fourth-order valence-corrected chi connectivity index (χ4v) is 2.30. The highest BCUT2D eigenvalue weighted by Gasteiger charge is 2.06. The van der Waals surface area contributed by atoms with Crippen LogP contribution in [0.4, 0.5) is 5.69 Å². The van der Waals surface area contributed by atoms with Crippen LogP contribution in [0.3, 0.4) is 0 Å². The van der Waals surface area contributed by atoms with E-state index in [0.717, 1.165) is 27.1 Å². The minimum Gasteiger partial charge on any atom is -0.389 e. The molecule has 2 rings (SSSR count). The summed E-state index contributed by atoms with van der Waals surface area (Å²) in [5.41, 5.74) is 9.45. The smallest absolute Gasteiger partial charge is 0.106 e. The molecule has 0 atom stereocenters. The molecule has 1 aromatic carbocycles. The van der Waals surface area contributed by atoms with Crippen molar-refractivity contribution >= 4 is 38.8 Å². The van der Waals surface area contributed by atoms with E-state index in [9.17, 15) is 0 Å². The second-order valence-electron chi connectivity index (χ2n) is 4.18. The first kappa shape index (κ1) is 14.0. The van der Waals surface area contributed by atoms with Crippen LogP contribution in [-0.4, -0.2) is 9.97 Å². The van der Waals surface area contributed by atoms with Crippen molar-refractivity contribution < 1.29 is 0 Å². The third-order valence-corrected chi connectivity index (χ3v) is 3.37. The summed E-state index contributed by atoms with van der Waals surface area (Å²) in [5, 5.41) is 3.32. The lowest BCUT2D eigenvalue weighted by atomic mass is 10.1. The van der Waals surface area contributed by atoms with Crippen LogP contribution in [0.1, 0.15) is 17.0 Å². The zero-order valence-electron chi connectivity index (χ0n) is 10.5. The van der Waals surface area contributed by atoms with Gasteiger partial charge in [-0.3, -0.25) is 4.98 Å². The molecular formula is C14H14BrN3S. The van der Waals surface area contributed by atoms with Gasteiger partial charge >= 0.3 is 0 Å². The van der Waals surface area contributed by atoms with E-state index in [2.05, 4.69) is 26.2 Å². The predicted molar refractivity (Wildman–Crippen MR) is 86.3 cm³/mol. The molecule has 0 spiro atoms. The summed E-state index contributed by atoms with van der Waals surface area (Å²) in [5.74, 6) is 0. The zero-order chi connectivity index (χ0) is 13.8. The Bertz CT molecular complexity index is 613. The number of anilines is 1. The zero-order valence-corrected chi connectivity index (χ0v) is 12.9. The molecule has 5 heteroatoms. The van der Waals surface area contributed by atoms with E-state index in [0.29, 0.717) is 11.5 Å². The Morgan fingerprint density at radius 2 is 2.16 bits per heavy atom. The fraction of sp³-hybridized carbons (Fsp3) is 0.143. The van der Waals surface area contributed by atoms with Gasteiger partial charge in [0.15, 0.2) is 0 Å². The molecule has 0 saturated heterocycles. The van der Waals surface area contributed by atoms with Crippen LogP contribution in [0.15, 0.2) is 40.9 Å². The average Bonchev–Trinajstić information content (AvgIpc) is 2.36. The number of rotatable bonds is 4. The molecule has 2 aromatic rings. The first-order valence-corrected chi connectivity index (χ1v) is 7.02. The van der Waals surface area contributed by atoms with E-state index < -0.39 is 0 Å². The van der Waals surface area contributed by atoms with Crippen LogP contribution in [-0.2, 0) is 6.54 Å². The quantitative estimate of drug-likeness (QED) is 0.841. The van der Waals surface area contributed by atoms with Crippen molar-refractivity contribution in [2.45, 2.75) is 13.5 Å². The second-order valence-corrected chi connectivity index (χ2v) is 5.53. The molecule has 0 radical (unpaired) electrons. The molecule has 0 aliphatic rings.